The lowest BCUT2D eigenvalue weighted by Gasteiger charge is -2.39. The number of hydrogen-bond donors (Lipinski definition) is 1. The summed E-state index contributed by atoms with van der Waals surface area (Å²) >= 11 is 0. The summed E-state index contributed by atoms with van der Waals surface area (Å²) in [7, 11) is 0. The number of nitrogens with one attached hydrogen (secondary N) is 1. The molecule has 5 heteroatoms. The first-order valence-corrected chi connectivity index (χ1v) is 14.4. The average molecular weight is 553 g/mol. The summed E-state index contributed by atoms with van der Waals surface area (Å²) in [4.78, 5) is 46.2. The number of ketones is 2. The van der Waals surface area contributed by atoms with Gasteiger partial charge in [-0.15, -0.1) is 0 Å². The van der Waals surface area contributed by atoms with E-state index in [9.17, 15) is 14.4 Å². The van der Waals surface area contributed by atoms with Crippen LogP contribution in [0.4, 0.5) is 11.4 Å². The molecule has 1 N–H and O–H groups in total. The lowest BCUT2D eigenvalue weighted by Crippen LogP contribution is -2.51. The number of nitrogens with zero attached hydrogens (tertiary/aromatic N) is 1. The summed E-state index contributed by atoms with van der Waals surface area (Å²) in [6, 6.07) is 27.3. The van der Waals surface area contributed by atoms with Crippen LogP contribution < -0.4 is 10.2 Å². The van der Waals surface area contributed by atoms with Crippen molar-refractivity contribution in [2.45, 2.75) is 45.2 Å². The second-order valence-corrected chi connectivity index (χ2v) is 12.0. The number of para-hydroxylation sites is 1. The van der Waals surface area contributed by atoms with Gasteiger partial charge in [0.1, 0.15) is 11.5 Å². The van der Waals surface area contributed by atoms with E-state index in [1.165, 1.54) is 0 Å². The normalized spacial score (nSPS) is 23.6. The van der Waals surface area contributed by atoms with Gasteiger partial charge in [0.15, 0.2) is 11.6 Å². The van der Waals surface area contributed by atoms with Gasteiger partial charge in [-0.05, 0) is 57.0 Å². The number of amides is 1. The monoisotopic (exact) mass is 552 g/mol. The quantitative estimate of drug-likeness (QED) is 0.281. The Balaban J connectivity index is 1.55. The van der Waals surface area contributed by atoms with Crippen molar-refractivity contribution in [3.63, 3.8) is 0 Å². The van der Waals surface area contributed by atoms with E-state index >= 15 is 0 Å². The lowest BCUT2D eigenvalue weighted by atomic mass is 9.64. The minimum absolute atomic E-state index is 0.168. The third kappa shape index (κ3) is 3.59. The molecule has 0 unspecified atom stereocenters. The SMILES string of the molecule is CC1=C[C@H]2N(c3ccc(C)cc31)[C@H](C(=O)c1ccc(C)cc1)[C@H](C(=O)c1ccc(C)cc1)[C@@]21C(=O)Nc2ccccc21. The molecular weight excluding hydrogens is 520 g/mol. The molecule has 0 aliphatic carbocycles. The Morgan fingerprint density at radius 3 is 2.00 bits per heavy atom. The number of benzene rings is 4. The van der Waals surface area contributed by atoms with Crippen molar-refractivity contribution in [2.75, 3.05) is 10.2 Å². The third-order valence-electron chi connectivity index (χ3n) is 9.36. The van der Waals surface area contributed by atoms with Gasteiger partial charge in [-0.3, -0.25) is 14.4 Å². The number of rotatable bonds is 4. The molecule has 7 rings (SSSR count). The number of fused-ring (bicyclic) bond motifs is 6. The minimum Gasteiger partial charge on any atom is -0.352 e. The van der Waals surface area contributed by atoms with Crippen molar-refractivity contribution in [1.82, 2.24) is 0 Å². The Hall–Kier alpha value is -4.77. The number of hydrogen-bond acceptors (Lipinski definition) is 4. The first kappa shape index (κ1) is 26.1. The predicted octanol–water partition coefficient (Wildman–Crippen LogP) is 6.86. The van der Waals surface area contributed by atoms with Gasteiger partial charge in [0.25, 0.3) is 0 Å². The fraction of sp³-hybridized carbons (Fsp3) is 0.216. The van der Waals surface area contributed by atoms with E-state index in [0.29, 0.717) is 16.8 Å². The van der Waals surface area contributed by atoms with E-state index in [4.69, 9.17) is 0 Å². The van der Waals surface area contributed by atoms with Crippen molar-refractivity contribution >= 4 is 34.4 Å². The first-order valence-electron chi connectivity index (χ1n) is 14.4. The van der Waals surface area contributed by atoms with Gasteiger partial charge in [-0.2, -0.15) is 0 Å². The third-order valence-corrected chi connectivity index (χ3v) is 9.36. The summed E-state index contributed by atoms with van der Waals surface area (Å²) in [6.45, 7) is 8.05. The van der Waals surface area contributed by atoms with Crippen LogP contribution >= 0.6 is 0 Å². The summed E-state index contributed by atoms with van der Waals surface area (Å²) in [6.07, 6.45) is 2.10. The molecule has 1 spiro atoms. The fourth-order valence-corrected chi connectivity index (χ4v) is 7.33. The summed E-state index contributed by atoms with van der Waals surface area (Å²) < 4.78 is 0. The molecule has 1 amide bonds. The minimum atomic E-state index is -1.31. The lowest BCUT2D eigenvalue weighted by molar-refractivity contribution is -0.121. The molecule has 208 valence electrons. The Bertz CT molecular complexity index is 1820. The molecule has 0 saturated carbocycles. The van der Waals surface area contributed by atoms with E-state index in [0.717, 1.165) is 39.1 Å². The average Bonchev–Trinajstić information content (AvgIpc) is 3.45. The van der Waals surface area contributed by atoms with Gasteiger partial charge in [0.05, 0.1) is 12.0 Å². The first-order chi connectivity index (χ1) is 20.2. The van der Waals surface area contributed by atoms with E-state index < -0.39 is 23.4 Å². The topological polar surface area (TPSA) is 66.5 Å². The maximum Gasteiger partial charge on any atom is 0.238 e. The molecule has 4 aromatic rings. The highest BCUT2D eigenvalue weighted by atomic mass is 16.2. The van der Waals surface area contributed by atoms with Gasteiger partial charge in [-0.25, -0.2) is 0 Å². The zero-order chi connectivity index (χ0) is 29.3. The summed E-state index contributed by atoms with van der Waals surface area (Å²) in [5.74, 6) is -1.60. The number of Topliss-reactive ketones (excluding diaryl/α,β-unsaturated/α-hetero) is 2. The van der Waals surface area contributed by atoms with Gasteiger partial charge < -0.3 is 10.2 Å². The van der Waals surface area contributed by atoms with Crippen molar-refractivity contribution in [3.05, 3.63) is 136 Å². The molecule has 3 heterocycles. The van der Waals surface area contributed by atoms with Gasteiger partial charge >= 0.3 is 0 Å². The Morgan fingerprint density at radius 2 is 1.33 bits per heavy atom. The highest BCUT2D eigenvalue weighted by Crippen LogP contribution is 2.58. The van der Waals surface area contributed by atoms with Crippen LogP contribution in [-0.4, -0.2) is 29.6 Å². The second kappa shape index (κ2) is 9.38. The van der Waals surface area contributed by atoms with E-state index in [1.54, 1.807) is 0 Å². The second-order valence-electron chi connectivity index (χ2n) is 12.0. The van der Waals surface area contributed by atoms with E-state index in [1.807, 2.05) is 113 Å². The van der Waals surface area contributed by atoms with E-state index in [-0.39, 0.29) is 17.5 Å². The zero-order valence-electron chi connectivity index (χ0n) is 24.1. The molecule has 5 nitrogen and oxygen atoms in total. The number of carbonyl (C=O) groups is 3. The van der Waals surface area contributed by atoms with Crippen molar-refractivity contribution in [1.29, 1.82) is 0 Å². The van der Waals surface area contributed by atoms with E-state index in [2.05, 4.69) is 22.4 Å². The van der Waals surface area contributed by atoms with Crippen molar-refractivity contribution in [2.24, 2.45) is 5.92 Å². The Kier molecular flexibility index (Phi) is 5.84. The molecule has 4 aromatic carbocycles. The Morgan fingerprint density at radius 1 is 0.738 bits per heavy atom. The number of carbonyl (C=O) groups excluding carboxylic acids is 3. The number of anilines is 2. The van der Waals surface area contributed by atoms with Crippen molar-refractivity contribution in [3.8, 4) is 0 Å². The number of aryl methyl sites for hydroxylation is 3. The maximum absolute atomic E-state index is 14.9. The Labute approximate surface area is 245 Å². The largest absolute Gasteiger partial charge is 0.352 e. The molecule has 0 aromatic heterocycles. The van der Waals surface area contributed by atoms with Gasteiger partial charge in [0.2, 0.25) is 5.91 Å². The summed E-state index contributed by atoms with van der Waals surface area (Å²) in [5, 5.41) is 3.10. The predicted molar refractivity (Wildman–Crippen MR) is 166 cm³/mol. The van der Waals surface area contributed by atoms with Crippen LogP contribution in [0.1, 0.15) is 55.5 Å². The van der Waals surface area contributed by atoms with Gasteiger partial charge in [0, 0.05) is 28.1 Å². The molecule has 0 radical (unpaired) electrons. The molecule has 1 fully saturated rings. The maximum atomic E-state index is 14.9. The molecule has 3 aliphatic rings. The van der Waals surface area contributed by atoms with Gasteiger partial charge in [-0.1, -0.05) is 95.6 Å². The molecule has 1 saturated heterocycles. The van der Waals surface area contributed by atoms with Crippen molar-refractivity contribution < 1.29 is 14.4 Å². The summed E-state index contributed by atoms with van der Waals surface area (Å²) in [5.41, 5.74) is 7.23. The van der Waals surface area contributed by atoms with Crippen LogP contribution in [0.5, 0.6) is 0 Å². The molecular formula is C37H32N2O3. The molecule has 4 atom stereocenters. The van der Waals surface area contributed by atoms with Crippen LogP contribution in [0.25, 0.3) is 5.57 Å². The smallest absolute Gasteiger partial charge is 0.238 e. The van der Waals surface area contributed by atoms with Crippen LogP contribution in [0.3, 0.4) is 0 Å². The molecule has 3 aliphatic heterocycles. The standard InChI is InChI=1S/C37H32N2O3/c1-21-9-14-25(15-10-21)34(40)32-33(35(41)26-16-11-22(2)12-17-26)39-30-18-13-23(3)19-27(30)24(4)20-31(39)37(32)28-7-5-6-8-29(28)38-36(37)42/h5-20,31-33H,1-4H3,(H,38,42)/t31-,32-,33+,37+/m1/s1. The highest BCUT2D eigenvalue weighted by Gasteiger charge is 2.70. The zero-order valence-corrected chi connectivity index (χ0v) is 24.1. The fourth-order valence-electron chi connectivity index (χ4n) is 7.33. The number of allylic oxidation sites excluding steroid dienone is 1. The molecule has 0 bridgehead atoms. The van der Waals surface area contributed by atoms with Crippen LogP contribution in [0, 0.1) is 26.7 Å². The van der Waals surface area contributed by atoms with Crippen LogP contribution in [0.15, 0.2) is 97.1 Å². The van der Waals surface area contributed by atoms with Crippen LogP contribution in [-0.2, 0) is 10.2 Å². The van der Waals surface area contributed by atoms with Crippen LogP contribution in [0.2, 0.25) is 0 Å². The molecule has 42 heavy (non-hydrogen) atoms. The highest BCUT2D eigenvalue weighted by molar-refractivity contribution is 6.18.